The van der Waals surface area contributed by atoms with E-state index in [1.165, 1.54) is 44.5 Å². The van der Waals surface area contributed by atoms with E-state index < -0.39 is 6.55 Å². The SMILES string of the molecule is O=C(NCCc1nccn1C(F)F)N(CC1CC1)C1CCCCC1. The van der Waals surface area contributed by atoms with Gasteiger partial charge in [0.25, 0.3) is 0 Å². The first-order valence-corrected chi connectivity index (χ1v) is 8.99. The van der Waals surface area contributed by atoms with Crippen molar-refractivity contribution in [3.63, 3.8) is 0 Å². The van der Waals surface area contributed by atoms with Gasteiger partial charge >= 0.3 is 12.6 Å². The maximum atomic E-state index is 12.8. The lowest BCUT2D eigenvalue weighted by molar-refractivity contribution is 0.0670. The molecule has 0 atom stereocenters. The molecule has 0 saturated heterocycles. The van der Waals surface area contributed by atoms with Crippen molar-refractivity contribution in [2.45, 2.75) is 64.0 Å². The summed E-state index contributed by atoms with van der Waals surface area (Å²) >= 11 is 0. The van der Waals surface area contributed by atoms with E-state index in [1.54, 1.807) is 0 Å². The fourth-order valence-corrected chi connectivity index (χ4v) is 3.47. The second-order valence-corrected chi connectivity index (χ2v) is 6.90. The predicted molar refractivity (Wildman–Crippen MR) is 86.9 cm³/mol. The zero-order valence-electron chi connectivity index (χ0n) is 14.0. The van der Waals surface area contributed by atoms with Crippen molar-refractivity contribution in [1.82, 2.24) is 19.8 Å². The van der Waals surface area contributed by atoms with Gasteiger partial charge in [-0.1, -0.05) is 19.3 Å². The summed E-state index contributed by atoms with van der Waals surface area (Å²) in [6, 6.07) is 0.284. The Kier molecular flexibility index (Phi) is 5.68. The van der Waals surface area contributed by atoms with E-state index in [-0.39, 0.29) is 6.03 Å². The molecule has 1 aromatic heterocycles. The normalized spacial score (nSPS) is 18.8. The highest BCUT2D eigenvalue weighted by Crippen LogP contribution is 2.32. The zero-order valence-corrected chi connectivity index (χ0v) is 14.0. The van der Waals surface area contributed by atoms with Gasteiger partial charge in [-0.2, -0.15) is 8.78 Å². The molecule has 7 heteroatoms. The van der Waals surface area contributed by atoms with Gasteiger partial charge in [0.1, 0.15) is 5.82 Å². The Morgan fingerprint density at radius 3 is 2.71 bits per heavy atom. The van der Waals surface area contributed by atoms with Crippen LogP contribution in [0.5, 0.6) is 0 Å². The average Bonchev–Trinajstić information content (AvgIpc) is 3.28. The highest BCUT2D eigenvalue weighted by molar-refractivity contribution is 5.74. The number of urea groups is 1. The second kappa shape index (κ2) is 7.94. The minimum Gasteiger partial charge on any atom is -0.338 e. The van der Waals surface area contributed by atoms with Crippen LogP contribution in [0.1, 0.15) is 57.3 Å². The first kappa shape index (κ1) is 17.2. The van der Waals surface area contributed by atoms with Gasteiger partial charge in [-0.15, -0.1) is 0 Å². The number of imidazole rings is 1. The third-order valence-corrected chi connectivity index (χ3v) is 5.01. The van der Waals surface area contributed by atoms with Crippen LogP contribution < -0.4 is 5.32 Å². The van der Waals surface area contributed by atoms with Gasteiger partial charge in [-0.25, -0.2) is 9.78 Å². The van der Waals surface area contributed by atoms with Crippen LogP contribution in [-0.4, -0.2) is 39.6 Å². The van der Waals surface area contributed by atoms with Crippen LogP contribution in [0, 0.1) is 5.92 Å². The summed E-state index contributed by atoms with van der Waals surface area (Å²) in [4.78, 5) is 18.5. The molecule has 2 fully saturated rings. The number of carbonyl (C=O) groups is 1. The molecular weight excluding hydrogens is 314 g/mol. The van der Waals surface area contributed by atoms with Crippen molar-refractivity contribution in [1.29, 1.82) is 0 Å². The molecule has 0 spiro atoms. The minimum absolute atomic E-state index is 0.0519. The van der Waals surface area contributed by atoms with Gasteiger partial charge in [-0.3, -0.25) is 4.57 Å². The summed E-state index contributed by atoms with van der Waals surface area (Å²) in [6.45, 7) is -1.43. The van der Waals surface area contributed by atoms with Crippen molar-refractivity contribution in [2.24, 2.45) is 5.92 Å². The Hall–Kier alpha value is -1.66. The summed E-state index contributed by atoms with van der Waals surface area (Å²) in [6.07, 6.45) is 11.1. The molecule has 0 radical (unpaired) electrons. The van der Waals surface area contributed by atoms with Crippen molar-refractivity contribution in [3.8, 4) is 0 Å². The first-order chi connectivity index (χ1) is 11.6. The number of carbonyl (C=O) groups excluding carboxylic acids is 1. The molecule has 2 amide bonds. The molecule has 2 aliphatic rings. The third-order valence-electron chi connectivity index (χ3n) is 5.01. The fraction of sp³-hybridized carbons (Fsp3) is 0.765. The van der Waals surface area contributed by atoms with E-state index in [1.807, 2.05) is 4.90 Å². The predicted octanol–water partition coefficient (Wildman–Crippen LogP) is 3.58. The van der Waals surface area contributed by atoms with Crippen LogP contribution in [-0.2, 0) is 6.42 Å². The van der Waals surface area contributed by atoms with Gasteiger partial charge in [0.05, 0.1) is 0 Å². The molecular formula is C17H26F2N4O. The Morgan fingerprint density at radius 1 is 1.29 bits per heavy atom. The standard InChI is InChI=1S/C17H26F2N4O/c18-16(19)22-11-10-20-15(22)8-9-21-17(24)23(12-13-6-7-13)14-4-2-1-3-5-14/h10-11,13-14,16H,1-9,12H2,(H,21,24). The number of hydrogen-bond donors (Lipinski definition) is 1. The number of aromatic nitrogens is 2. The highest BCUT2D eigenvalue weighted by Gasteiger charge is 2.31. The van der Waals surface area contributed by atoms with E-state index in [2.05, 4.69) is 10.3 Å². The number of amides is 2. The van der Waals surface area contributed by atoms with Crippen LogP contribution in [0.15, 0.2) is 12.4 Å². The van der Waals surface area contributed by atoms with E-state index >= 15 is 0 Å². The van der Waals surface area contributed by atoms with Crippen molar-refractivity contribution in [3.05, 3.63) is 18.2 Å². The lowest BCUT2D eigenvalue weighted by atomic mass is 9.94. The van der Waals surface area contributed by atoms with E-state index in [0.717, 1.165) is 24.0 Å². The Bertz CT molecular complexity index is 538. The quantitative estimate of drug-likeness (QED) is 0.825. The van der Waals surface area contributed by atoms with Gasteiger partial charge in [0.2, 0.25) is 0 Å². The van der Waals surface area contributed by atoms with Crippen LogP contribution in [0.25, 0.3) is 0 Å². The minimum atomic E-state index is -2.59. The van der Waals surface area contributed by atoms with Gasteiger partial charge < -0.3 is 10.2 Å². The van der Waals surface area contributed by atoms with Crippen LogP contribution in [0.4, 0.5) is 13.6 Å². The number of hydrogen-bond acceptors (Lipinski definition) is 2. The number of alkyl halides is 2. The zero-order chi connectivity index (χ0) is 16.9. The molecule has 1 aromatic rings. The number of halogens is 2. The average molecular weight is 340 g/mol. The van der Waals surface area contributed by atoms with Gasteiger partial charge in [0, 0.05) is 37.9 Å². The largest absolute Gasteiger partial charge is 0.338 e. The smallest absolute Gasteiger partial charge is 0.319 e. The second-order valence-electron chi connectivity index (χ2n) is 6.90. The Morgan fingerprint density at radius 2 is 2.04 bits per heavy atom. The highest BCUT2D eigenvalue weighted by atomic mass is 19.3. The third kappa shape index (κ3) is 4.45. The molecule has 0 bridgehead atoms. The van der Waals surface area contributed by atoms with Crippen LogP contribution in [0.3, 0.4) is 0 Å². The molecule has 24 heavy (non-hydrogen) atoms. The van der Waals surface area contributed by atoms with Crippen molar-refractivity contribution in [2.75, 3.05) is 13.1 Å². The molecule has 0 unspecified atom stereocenters. The fourth-order valence-electron chi connectivity index (χ4n) is 3.47. The van der Waals surface area contributed by atoms with Crippen molar-refractivity contribution >= 4 is 6.03 Å². The summed E-state index contributed by atoms with van der Waals surface area (Å²) < 4.78 is 26.4. The maximum Gasteiger partial charge on any atom is 0.319 e. The van der Waals surface area contributed by atoms with E-state index in [0.29, 0.717) is 30.7 Å². The van der Waals surface area contributed by atoms with Gasteiger partial charge in [0.15, 0.2) is 0 Å². The molecule has 2 saturated carbocycles. The summed E-state index contributed by atoms with van der Waals surface area (Å²) in [5, 5.41) is 2.91. The van der Waals surface area contributed by atoms with Crippen LogP contribution in [0.2, 0.25) is 0 Å². The first-order valence-electron chi connectivity index (χ1n) is 8.99. The Labute approximate surface area is 141 Å². The maximum absolute atomic E-state index is 12.8. The monoisotopic (exact) mass is 340 g/mol. The summed E-state index contributed by atoms with van der Waals surface area (Å²) in [5.74, 6) is 0.951. The lowest BCUT2D eigenvalue weighted by Gasteiger charge is -2.34. The summed E-state index contributed by atoms with van der Waals surface area (Å²) in [7, 11) is 0. The molecule has 1 heterocycles. The molecule has 5 nitrogen and oxygen atoms in total. The summed E-state index contributed by atoms with van der Waals surface area (Å²) in [5.41, 5.74) is 0. The van der Waals surface area contributed by atoms with Crippen molar-refractivity contribution < 1.29 is 13.6 Å². The van der Waals surface area contributed by atoms with E-state index in [4.69, 9.17) is 0 Å². The number of rotatable bonds is 7. The molecule has 1 N–H and O–H groups in total. The lowest BCUT2D eigenvalue weighted by Crippen LogP contribution is -2.48. The number of nitrogens with zero attached hydrogens (tertiary/aromatic N) is 3. The van der Waals surface area contributed by atoms with Gasteiger partial charge in [-0.05, 0) is 31.6 Å². The number of nitrogens with one attached hydrogen (secondary N) is 1. The molecule has 3 rings (SSSR count). The van der Waals surface area contributed by atoms with E-state index in [9.17, 15) is 13.6 Å². The topological polar surface area (TPSA) is 50.2 Å². The van der Waals surface area contributed by atoms with Crippen LogP contribution >= 0.6 is 0 Å². The Balaban J connectivity index is 1.51. The molecule has 0 aliphatic heterocycles. The molecule has 134 valence electrons. The molecule has 0 aromatic carbocycles. The molecule has 2 aliphatic carbocycles.